The van der Waals surface area contributed by atoms with Crippen LogP contribution in [-0.4, -0.2) is 60.9 Å². The van der Waals surface area contributed by atoms with E-state index < -0.39 is 0 Å². The Morgan fingerprint density at radius 3 is 1.87 bits per heavy atom. The molecule has 23 heavy (non-hydrogen) atoms. The summed E-state index contributed by atoms with van der Waals surface area (Å²) in [5.74, 6) is -0.104. The first-order valence-corrected chi connectivity index (χ1v) is 8.62. The summed E-state index contributed by atoms with van der Waals surface area (Å²) in [6, 6.07) is -0.118. The molecule has 0 radical (unpaired) electrons. The molecule has 0 aliphatic heterocycles. The normalized spacial score (nSPS) is 12.0. The van der Waals surface area contributed by atoms with Crippen LogP contribution in [0.4, 0.5) is 0 Å². The van der Waals surface area contributed by atoms with E-state index in [1.165, 1.54) is 13.8 Å². The van der Waals surface area contributed by atoms with Gasteiger partial charge in [-0.25, -0.2) is 0 Å². The van der Waals surface area contributed by atoms with E-state index >= 15 is 0 Å². The van der Waals surface area contributed by atoms with Crippen LogP contribution in [0.2, 0.25) is 0 Å². The van der Waals surface area contributed by atoms with Crippen LogP contribution < -0.4 is 0 Å². The number of carbonyl (C=O) groups excluding carboxylic acids is 2. The molecule has 6 heteroatoms. The van der Waals surface area contributed by atoms with Crippen molar-refractivity contribution in [1.82, 2.24) is 9.80 Å². The second-order valence-electron chi connectivity index (χ2n) is 5.86. The van der Waals surface area contributed by atoms with Gasteiger partial charge in [-0.1, -0.05) is 26.7 Å². The third-order valence-corrected chi connectivity index (χ3v) is 3.63. The smallest absolute Gasteiger partial charge is 0.221 e. The number of carbonyl (C=O) groups is 2. The van der Waals surface area contributed by atoms with Crippen molar-refractivity contribution in [3.05, 3.63) is 0 Å². The first-order chi connectivity index (χ1) is 10.9. The van der Waals surface area contributed by atoms with E-state index in [0.717, 1.165) is 25.7 Å². The highest BCUT2D eigenvalue weighted by atomic mass is 16.5. The highest BCUT2D eigenvalue weighted by Gasteiger charge is 2.21. The predicted octanol–water partition coefficient (Wildman–Crippen LogP) is 2.62. The molecule has 0 aromatic rings. The summed E-state index contributed by atoms with van der Waals surface area (Å²) < 4.78 is 11.1. The van der Waals surface area contributed by atoms with E-state index in [1.807, 2.05) is 6.92 Å². The lowest BCUT2D eigenvalue weighted by Crippen LogP contribution is -2.47. The molecular weight excluding hydrogens is 296 g/mol. The molecule has 0 rings (SSSR count). The molecular formula is C17H34N2O4. The number of nitrogens with zero attached hydrogens (tertiary/aromatic N) is 2. The fourth-order valence-corrected chi connectivity index (χ4v) is 2.05. The van der Waals surface area contributed by atoms with Crippen molar-refractivity contribution in [2.45, 2.75) is 66.3 Å². The molecule has 0 aliphatic carbocycles. The second kappa shape index (κ2) is 13.3. The Balaban J connectivity index is 4.43. The molecule has 0 saturated carbocycles. The van der Waals surface area contributed by atoms with Crippen molar-refractivity contribution >= 4 is 11.8 Å². The minimum atomic E-state index is -0.118. The molecule has 0 aromatic heterocycles. The Bertz CT molecular complexity index is 337. The van der Waals surface area contributed by atoms with E-state index in [9.17, 15) is 9.59 Å². The predicted molar refractivity (Wildman–Crippen MR) is 90.8 cm³/mol. The lowest BCUT2D eigenvalue weighted by molar-refractivity contribution is -0.143. The minimum absolute atomic E-state index is 0.0515. The highest BCUT2D eigenvalue weighted by Crippen LogP contribution is 2.05. The maximum atomic E-state index is 11.8. The number of amides is 2. The van der Waals surface area contributed by atoms with Gasteiger partial charge in [-0.2, -0.15) is 0 Å². The molecule has 0 bridgehead atoms. The summed E-state index contributed by atoms with van der Waals surface area (Å²) >= 11 is 0. The van der Waals surface area contributed by atoms with Crippen LogP contribution in [0.25, 0.3) is 0 Å². The molecule has 0 heterocycles. The van der Waals surface area contributed by atoms with Gasteiger partial charge in [0.2, 0.25) is 11.8 Å². The van der Waals surface area contributed by atoms with E-state index in [1.54, 1.807) is 9.80 Å². The van der Waals surface area contributed by atoms with Gasteiger partial charge in [0, 0.05) is 39.6 Å². The van der Waals surface area contributed by atoms with Gasteiger partial charge < -0.3 is 19.3 Å². The lowest BCUT2D eigenvalue weighted by Gasteiger charge is -2.32. The highest BCUT2D eigenvalue weighted by molar-refractivity contribution is 5.74. The number of unbranched alkanes of at least 4 members (excludes halogenated alkanes) is 2. The quantitative estimate of drug-likeness (QED) is 0.385. The van der Waals surface area contributed by atoms with Crippen LogP contribution in [0.1, 0.15) is 60.3 Å². The van der Waals surface area contributed by atoms with E-state index in [4.69, 9.17) is 9.47 Å². The molecule has 0 spiro atoms. The molecule has 2 amide bonds. The maximum Gasteiger partial charge on any atom is 0.221 e. The van der Waals surface area contributed by atoms with Crippen molar-refractivity contribution in [3.63, 3.8) is 0 Å². The van der Waals surface area contributed by atoms with E-state index in [0.29, 0.717) is 19.8 Å². The van der Waals surface area contributed by atoms with Crippen LogP contribution in [0, 0.1) is 0 Å². The largest absolute Gasteiger partial charge is 0.361 e. The summed E-state index contributed by atoms with van der Waals surface area (Å²) in [5.41, 5.74) is 0. The van der Waals surface area contributed by atoms with Gasteiger partial charge in [0.15, 0.2) is 0 Å². The van der Waals surface area contributed by atoms with Gasteiger partial charge in [-0.05, 0) is 19.8 Å². The van der Waals surface area contributed by atoms with Crippen LogP contribution in [0.3, 0.4) is 0 Å². The number of rotatable bonds is 13. The topological polar surface area (TPSA) is 59.1 Å². The molecule has 0 aromatic carbocycles. The molecule has 1 atom stereocenters. The van der Waals surface area contributed by atoms with E-state index in [-0.39, 0.29) is 31.3 Å². The monoisotopic (exact) mass is 330 g/mol. The lowest BCUT2D eigenvalue weighted by atomic mass is 10.2. The molecule has 0 aliphatic rings. The zero-order valence-electron chi connectivity index (χ0n) is 15.5. The van der Waals surface area contributed by atoms with Crippen LogP contribution in [-0.2, 0) is 19.1 Å². The van der Waals surface area contributed by atoms with E-state index in [2.05, 4.69) is 13.8 Å². The van der Waals surface area contributed by atoms with Gasteiger partial charge in [0.1, 0.15) is 13.5 Å². The minimum Gasteiger partial charge on any atom is -0.361 e. The molecule has 0 saturated heterocycles. The summed E-state index contributed by atoms with van der Waals surface area (Å²) in [7, 11) is 0. The standard InChI is InChI=1S/C17H34N2O4/c1-6-8-10-22-13-18(16(4)20)12-15(3)19(17(5)21)14-23-11-9-7-2/h15H,6-14H2,1-5H3. The van der Waals surface area contributed by atoms with Crippen LogP contribution >= 0.6 is 0 Å². The van der Waals surface area contributed by atoms with Crippen molar-refractivity contribution in [2.24, 2.45) is 0 Å². The van der Waals surface area contributed by atoms with Crippen molar-refractivity contribution < 1.29 is 19.1 Å². The van der Waals surface area contributed by atoms with Gasteiger partial charge in [-0.15, -0.1) is 0 Å². The maximum absolute atomic E-state index is 11.8. The van der Waals surface area contributed by atoms with Crippen LogP contribution in [0.5, 0.6) is 0 Å². The first-order valence-electron chi connectivity index (χ1n) is 8.62. The van der Waals surface area contributed by atoms with Gasteiger partial charge in [0.25, 0.3) is 0 Å². The summed E-state index contributed by atoms with van der Waals surface area (Å²) in [5, 5.41) is 0. The zero-order chi connectivity index (χ0) is 17.7. The number of hydrogen-bond donors (Lipinski definition) is 0. The second-order valence-corrected chi connectivity index (χ2v) is 5.86. The number of hydrogen-bond acceptors (Lipinski definition) is 4. The van der Waals surface area contributed by atoms with Gasteiger partial charge >= 0.3 is 0 Å². The summed E-state index contributed by atoms with van der Waals surface area (Å²) in [4.78, 5) is 26.8. The average Bonchev–Trinajstić information content (AvgIpc) is 2.49. The van der Waals surface area contributed by atoms with Crippen molar-refractivity contribution in [1.29, 1.82) is 0 Å². The SMILES string of the molecule is CCCCOCN(CC(C)N(COCCCC)C(C)=O)C(C)=O. The Morgan fingerprint density at radius 1 is 0.913 bits per heavy atom. The van der Waals surface area contributed by atoms with Gasteiger partial charge in [-0.3, -0.25) is 9.59 Å². The first kappa shape index (κ1) is 21.9. The van der Waals surface area contributed by atoms with Gasteiger partial charge in [0.05, 0.1) is 0 Å². The molecule has 0 N–H and O–H groups in total. The zero-order valence-corrected chi connectivity index (χ0v) is 15.5. The Kier molecular flexibility index (Phi) is 12.7. The number of ether oxygens (including phenoxy) is 2. The summed E-state index contributed by atoms with van der Waals surface area (Å²) in [6.45, 7) is 11.4. The Labute approximate surface area is 141 Å². The van der Waals surface area contributed by atoms with Crippen LogP contribution in [0.15, 0.2) is 0 Å². The van der Waals surface area contributed by atoms with Crippen molar-refractivity contribution in [2.75, 3.05) is 33.2 Å². The fourth-order valence-electron chi connectivity index (χ4n) is 2.05. The Hall–Kier alpha value is -1.14. The fraction of sp³-hybridized carbons (Fsp3) is 0.882. The average molecular weight is 330 g/mol. The third kappa shape index (κ3) is 10.3. The third-order valence-electron chi connectivity index (χ3n) is 3.63. The molecule has 0 fully saturated rings. The Morgan fingerprint density at radius 2 is 1.43 bits per heavy atom. The summed E-state index contributed by atoms with van der Waals surface area (Å²) in [6.07, 6.45) is 4.07. The molecule has 1 unspecified atom stereocenters. The molecule has 136 valence electrons. The molecule has 6 nitrogen and oxygen atoms in total. The van der Waals surface area contributed by atoms with Crippen molar-refractivity contribution in [3.8, 4) is 0 Å².